The maximum Gasteiger partial charge on any atom is 0.417 e. The number of alkyl halides is 3. The lowest BCUT2D eigenvalue weighted by Gasteiger charge is -2.50. The largest absolute Gasteiger partial charge is 0.491 e. The number of amides is 4. The number of ether oxygens (including phenoxy) is 1. The topological polar surface area (TPSA) is 146 Å². The zero-order valence-electron chi connectivity index (χ0n) is 30.5. The number of hydrogen-bond donors (Lipinski definition) is 2. The molecule has 2 aliphatic heterocycles. The summed E-state index contributed by atoms with van der Waals surface area (Å²) < 4.78 is 46.1. The number of Topliss-reactive ketones (excluding diaryl/α,β-unsaturated/α-hetero) is 1. The maximum absolute atomic E-state index is 15.3. The van der Waals surface area contributed by atoms with Crippen molar-refractivity contribution in [1.82, 2.24) is 9.99 Å². The van der Waals surface area contributed by atoms with Gasteiger partial charge in [0.15, 0.2) is 11.6 Å². The Morgan fingerprint density at radius 2 is 1.64 bits per heavy atom. The summed E-state index contributed by atoms with van der Waals surface area (Å²) in [6.45, 7) is 1.20. The number of aliphatic hydroxyl groups is 1. The minimum Gasteiger partial charge on any atom is -0.491 e. The summed E-state index contributed by atoms with van der Waals surface area (Å²) >= 11 is 12.6. The highest BCUT2D eigenvalue weighted by Gasteiger charge is 2.70. The van der Waals surface area contributed by atoms with Crippen LogP contribution in [0, 0.1) is 23.7 Å². The molecule has 16 heteroatoms. The summed E-state index contributed by atoms with van der Waals surface area (Å²) in [6.07, 6.45) is -2.27. The second-order valence-electron chi connectivity index (χ2n) is 14.7. The van der Waals surface area contributed by atoms with E-state index in [1.165, 1.54) is 31.2 Å². The van der Waals surface area contributed by atoms with Gasteiger partial charge in [0.2, 0.25) is 11.8 Å². The predicted octanol–water partition coefficient (Wildman–Crippen LogP) is 7.17. The number of nitrogens with zero attached hydrogens (tertiary/aromatic N) is 3. The fraction of sp³-hybridized carbons (Fsp3) is 0.286. The molecule has 3 aromatic carbocycles. The Morgan fingerprint density at radius 1 is 0.948 bits per heavy atom. The molecule has 11 nitrogen and oxygen atoms in total. The molecule has 6 atom stereocenters. The van der Waals surface area contributed by atoms with E-state index < -0.39 is 75.4 Å². The number of fused-ring (bicyclic) bond motifs is 4. The molecule has 1 saturated carbocycles. The molecule has 0 spiro atoms. The number of benzene rings is 3. The minimum atomic E-state index is -4.76. The number of halogens is 5. The van der Waals surface area contributed by atoms with E-state index in [1.807, 2.05) is 6.08 Å². The van der Waals surface area contributed by atoms with Crippen molar-refractivity contribution in [1.29, 1.82) is 0 Å². The van der Waals surface area contributed by atoms with Crippen LogP contribution in [-0.4, -0.2) is 57.7 Å². The molecule has 3 heterocycles. The van der Waals surface area contributed by atoms with Crippen LogP contribution in [-0.2, 0) is 30.8 Å². The Hall–Kier alpha value is -5.57. The van der Waals surface area contributed by atoms with Crippen LogP contribution in [0.3, 0.4) is 0 Å². The first-order valence-corrected chi connectivity index (χ1v) is 19.1. The molecule has 0 bridgehead atoms. The van der Waals surface area contributed by atoms with Gasteiger partial charge in [0, 0.05) is 22.7 Å². The second kappa shape index (κ2) is 14.7. The molecule has 0 radical (unpaired) electrons. The van der Waals surface area contributed by atoms with Gasteiger partial charge >= 0.3 is 6.18 Å². The van der Waals surface area contributed by atoms with Gasteiger partial charge in [-0.15, -0.1) is 0 Å². The summed E-state index contributed by atoms with van der Waals surface area (Å²) in [7, 11) is 0. The van der Waals surface area contributed by atoms with Crippen molar-refractivity contribution in [3.05, 3.63) is 129 Å². The number of anilines is 2. The quantitative estimate of drug-likeness (QED) is 0.102. The third-order valence-corrected chi connectivity index (χ3v) is 12.2. The molecule has 58 heavy (non-hydrogen) atoms. The highest BCUT2D eigenvalue weighted by Crippen LogP contribution is 2.64. The number of pyridine rings is 1. The van der Waals surface area contributed by atoms with Crippen LogP contribution in [0.4, 0.5) is 24.7 Å². The fourth-order valence-electron chi connectivity index (χ4n) is 9.18. The first-order valence-electron chi connectivity index (χ1n) is 18.3. The standard InChI is InChI=1S/C42H33Cl2F3N4O7/c1-21(53)22-2-10-27(11-3-22)50-37(54)30-15-14-29-31(34(30)39(50)56)19-32-38(55)51(49-36-33(44)18-25(20-48-36)42(45,46)47)40(57)41(32,24-6-8-26(43)9-7-24)35(29)23-4-12-28(13-5-23)58-17-16-52/h2-14,18,20,30-32,34-35,52H,15-17,19H2,1H3,(H,48,49)/t30-,31+,32-,34-,35-,41+/m0/s1. The number of nitrogens with one attached hydrogen (secondary N) is 1. The highest BCUT2D eigenvalue weighted by molar-refractivity contribution is 6.33. The summed E-state index contributed by atoms with van der Waals surface area (Å²) in [5, 5.41) is 9.92. The van der Waals surface area contributed by atoms with Gasteiger partial charge in [-0.25, -0.2) is 4.98 Å². The first kappa shape index (κ1) is 39.3. The molecule has 1 aromatic heterocycles. The van der Waals surface area contributed by atoms with Crippen LogP contribution in [0.15, 0.2) is 96.7 Å². The number of hydrazine groups is 1. The van der Waals surface area contributed by atoms with Gasteiger partial charge in [0.1, 0.15) is 12.4 Å². The molecule has 4 aliphatic rings. The number of rotatable bonds is 9. The summed E-state index contributed by atoms with van der Waals surface area (Å²) in [4.78, 5) is 75.8. The van der Waals surface area contributed by atoms with E-state index in [0.717, 1.165) is 9.91 Å². The van der Waals surface area contributed by atoms with Gasteiger partial charge in [-0.05, 0) is 91.4 Å². The highest BCUT2D eigenvalue weighted by atomic mass is 35.5. The van der Waals surface area contributed by atoms with E-state index in [1.54, 1.807) is 48.5 Å². The number of aliphatic hydroxyl groups excluding tert-OH is 1. The van der Waals surface area contributed by atoms with E-state index in [9.17, 15) is 37.5 Å². The minimum absolute atomic E-state index is 0.0220. The molecule has 0 unspecified atom stereocenters. The van der Waals surface area contributed by atoms with Crippen LogP contribution in [0.25, 0.3) is 0 Å². The molecular weight excluding hydrogens is 800 g/mol. The Morgan fingerprint density at radius 3 is 2.26 bits per heavy atom. The lowest BCUT2D eigenvalue weighted by atomic mass is 9.49. The lowest BCUT2D eigenvalue weighted by Crippen LogP contribution is -2.53. The zero-order valence-corrected chi connectivity index (χ0v) is 32.0. The molecule has 2 N–H and O–H groups in total. The van der Waals surface area contributed by atoms with Crippen LogP contribution in [0.2, 0.25) is 10.0 Å². The Balaban J connectivity index is 1.28. The van der Waals surface area contributed by atoms with Gasteiger partial charge in [0.25, 0.3) is 11.8 Å². The molecular formula is C42H33Cl2F3N4O7. The molecule has 4 aromatic rings. The number of carbonyl (C=O) groups is 5. The van der Waals surface area contributed by atoms with Gasteiger partial charge in [-0.1, -0.05) is 59.1 Å². The number of hydrogen-bond acceptors (Lipinski definition) is 9. The number of aromatic nitrogens is 1. The van der Waals surface area contributed by atoms with Gasteiger partial charge in [-0.3, -0.25) is 34.3 Å². The average molecular weight is 834 g/mol. The SMILES string of the molecule is CC(=O)c1ccc(N2C(=O)[C@H]3[C@H](CC=C4[C@H]3C[C@H]3C(=O)N(Nc5ncc(C(F)(F)F)cc5Cl)C(=O)[C@@]3(c3ccc(Cl)cc3)[C@H]4c3ccc(OCCO)cc3)C2=O)cc1. The van der Waals surface area contributed by atoms with E-state index in [4.69, 9.17) is 27.9 Å². The summed E-state index contributed by atoms with van der Waals surface area (Å²) in [5.41, 5.74) is 2.09. The predicted molar refractivity (Wildman–Crippen MR) is 205 cm³/mol. The molecule has 298 valence electrons. The van der Waals surface area contributed by atoms with E-state index in [2.05, 4.69) is 10.4 Å². The summed E-state index contributed by atoms with van der Waals surface area (Å²) in [5.74, 6) is -7.12. The number of ketones is 1. The number of allylic oxidation sites excluding steroid dienone is 2. The van der Waals surface area contributed by atoms with Gasteiger partial charge < -0.3 is 9.84 Å². The van der Waals surface area contributed by atoms with Crippen LogP contribution >= 0.6 is 23.2 Å². The average Bonchev–Trinajstić information content (AvgIpc) is 3.58. The van der Waals surface area contributed by atoms with Gasteiger partial charge in [-0.2, -0.15) is 18.2 Å². The van der Waals surface area contributed by atoms with Crippen molar-refractivity contribution < 1.29 is 47.0 Å². The van der Waals surface area contributed by atoms with Crippen molar-refractivity contribution in [2.75, 3.05) is 23.5 Å². The number of imide groups is 2. The fourth-order valence-corrected chi connectivity index (χ4v) is 9.51. The normalized spacial score (nSPS) is 25.3. The number of carbonyl (C=O) groups excluding carboxylic acids is 5. The Bertz CT molecular complexity index is 2390. The van der Waals surface area contributed by atoms with Crippen molar-refractivity contribution in [3.8, 4) is 5.75 Å². The first-order chi connectivity index (χ1) is 27.7. The molecule has 3 fully saturated rings. The van der Waals surface area contributed by atoms with E-state index in [-0.39, 0.29) is 37.7 Å². The smallest absolute Gasteiger partial charge is 0.417 e. The van der Waals surface area contributed by atoms with E-state index >= 15 is 4.79 Å². The summed E-state index contributed by atoms with van der Waals surface area (Å²) in [6, 6.07) is 20.0. The maximum atomic E-state index is 15.3. The Labute approximate surface area is 339 Å². The third-order valence-electron chi connectivity index (χ3n) is 11.7. The van der Waals surface area contributed by atoms with Crippen LogP contribution in [0.1, 0.15) is 52.7 Å². The third kappa shape index (κ3) is 6.25. The van der Waals surface area contributed by atoms with Crippen molar-refractivity contribution >= 4 is 64.1 Å². The van der Waals surface area contributed by atoms with E-state index in [0.29, 0.717) is 51.0 Å². The molecule has 2 aliphatic carbocycles. The van der Waals surface area contributed by atoms with Crippen LogP contribution in [0.5, 0.6) is 5.75 Å². The monoisotopic (exact) mass is 832 g/mol. The second-order valence-corrected chi connectivity index (χ2v) is 15.5. The lowest BCUT2D eigenvalue weighted by molar-refractivity contribution is -0.139. The van der Waals surface area contributed by atoms with Crippen LogP contribution < -0.4 is 15.1 Å². The van der Waals surface area contributed by atoms with Crippen molar-refractivity contribution in [2.45, 2.75) is 37.3 Å². The Kier molecular flexibility index (Phi) is 9.93. The molecule has 2 saturated heterocycles. The zero-order chi connectivity index (χ0) is 41.3. The van der Waals surface area contributed by atoms with Crippen molar-refractivity contribution in [3.63, 3.8) is 0 Å². The molecule has 4 amide bonds. The molecule has 8 rings (SSSR count). The van der Waals surface area contributed by atoms with Gasteiger partial charge in [0.05, 0.1) is 46.0 Å². The van der Waals surface area contributed by atoms with Crippen molar-refractivity contribution in [2.24, 2.45) is 23.7 Å².